The van der Waals surface area contributed by atoms with Crippen molar-refractivity contribution in [1.29, 1.82) is 0 Å². The van der Waals surface area contributed by atoms with Crippen LogP contribution in [0.2, 0.25) is 0 Å². The molecule has 0 fully saturated rings. The third kappa shape index (κ3) is 5.30. The number of carbonyl (C=O) groups is 2. The molecule has 2 N–H and O–H groups in total. The number of aromatic amines is 1. The van der Waals surface area contributed by atoms with E-state index < -0.39 is 0 Å². The summed E-state index contributed by atoms with van der Waals surface area (Å²) in [6.45, 7) is 0.166. The van der Waals surface area contributed by atoms with Gasteiger partial charge in [-0.05, 0) is 53.9 Å². The fourth-order valence-electron chi connectivity index (χ4n) is 3.34. The first kappa shape index (κ1) is 21.9. The van der Waals surface area contributed by atoms with Crippen LogP contribution in [-0.2, 0) is 17.8 Å². The molecule has 32 heavy (non-hydrogen) atoms. The number of anilines is 1. The smallest absolute Gasteiger partial charge is 0.268 e. The van der Waals surface area contributed by atoms with Gasteiger partial charge in [0, 0.05) is 29.6 Å². The second-order valence-corrected chi connectivity index (χ2v) is 9.32. The zero-order valence-electron chi connectivity index (χ0n) is 17.5. The van der Waals surface area contributed by atoms with Gasteiger partial charge in [-0.1, -0.05) is 12.1 Å². The first-order valence-corrected chi connectivity index (χ1v) is 11.9. The van der Waals surface area contributed by atoms with Crippen molar-refractivity contribution in [2.24, 2.45) is 0 Å². The number of aromatic nitrogens is 2. The van der Waals surface area contributed by atoms with Crippen molar-refractivity contribution < 1.29 is 9.59 Å². The van der Waals surface area contributed by atoms with Crippen LogP contribution >= 0.6 is 22.7 Å². The standard InChI is InChI=1S/C23H22N4O3S2/c1-27(14-19-25-18-10-12-32-21(18)22(29)26-19)23(30)15-5-2-6-16(13-15)24-20(28)9-3-7-17-8-4-11-31-17/h2,4-6,8,10-13H,3,7,9,14H2,1H3,(H,24,28)(H,25,26,29). The zero-order chi connectivity index (χ0) is 22.5. The van der Waals surface area contributed by atoms with Crippen molar-refractivity contribution >= 4 is 50.4 Å². The van der Waals surface area contributed by atoms with E-state index in [1.165, 1.54) is 21.1 Å². The molecule has 164 valence electrons. The Morgan fingerprint density at radius 2 is 2.00 bits per heavy atom. The maximum atomic E-state index is 12.9. The molecule has 7 nitrogen and oxygen atoms in total. The van der Waals surface area contributed by atoms with E-state index in [1.54, 1.807) is 48.7 Å². The Bertz CT molecular complexity index is 1290. The highest BCUT2D eigenvalue weighted by atomic mass is 32.1. The number of aryl methyl sites for hydroxylation is 1. The molecule has 0 unspecified atom stereocenters. The third-order valence-electron chi connectivity index (χ3n) is 4.90. The number of fused-ring (bicyclic) bond motifs is 1. The van der Waals surface area contributed by atoms with Crippen LogP contribution in [0.3, 0.4) is 0 Å². The molecule has 4 rings (SSSR count). The monoisotopic (exact) mass is 466 g/mol. The Hall–Kier alpha value is -3.30. The number of nitrogens with zero attached hydrogens (tertiary/aromatic N) is 2. The van der Waals surface area contributed by atoms with E-state index in [2.05, 4.69) is 21.4 Å². The molecule has 0 radical (unpaired) electrons. The van der Waals surface area contributed by atoms with Gasteiger partial charge < -0.3 is 15.2 Å². The van der Waals surface area contributed by atoms with Crippen LogP contribution in [0.4, 0.5) is 5.69 Å². The number of nitrogens with one attached hydrogen (secondary N) is 2. The number of rotatable bonds is 8. The molecule has 0 aliphatic heterocycles. The fourth-order valence-corrected chi connectivity index (χ4v) is 4.82. The van der Waals surface area contributed by atoms with E-state index in [0.717, 1.165) is 12.8 Å². The highest BCUT2D eigenvalue weighted by Crippen LogP contribution is 2.17. The van der Waals surface area contributed by atoms with Crippen LogP contribution in [0.5, 0.6) is 0 Å². The van der Waals surface area contributed by atoms with Crippen LogP contribution < -0.4 is 10.9 Å². The van der Waals surface area contributed by atoms with Crippen molar-refractivity contribution in [2.75, 3.05) is 12.4 Å². The van der Waals surface area contributed by atoms with Crippen molar-refractivity contribution in [3.05, 3.63) is 79.8 Å². The van der Waals surface area contributed by atoms with E-state index in [-0.39, 0.29) is 23.9 Å². The van der Waals surface area contributed by atoms with Gasteiger partial charge in [0.2, 0.25) is 5.91 Å². The Morgan fingerprint density at radius 1 is 1.12 bits per heavy atom. The van der Waals surface area contributed by atoms with Crippen LogP contribution in [0, 0.1) is 0 Å². The first-order chi connectivity index (χ1) is 15.5. The largest absolute Gasteiger partial charge is 0.334 e. The molecule has 2 amide bonds. The van der Waals surface area contributed by atoms with Gasteiger partial charge in [0.15, 0.2) is 0 Å². The van der Waals surface area contributed by atoms with Crippen LogP contribution in [0.25, 0.3) is 10.2 Å². The Morgan fingerprint density at radius 3 is 2.81 bits per heavy atom. The van der Waals surface area contributed by atoms with E-state index in [1.807, 2.05) is 16.8 Å². The molecule has 3 aromatic heterocycles. The van der Waals surface area contributed by atoms with Crippen molar-refractivity contribution in [3.8, 4) is 0 Å². The number of amides is 2. The second kappa shape index (κ2) is 9.88. The zero-order valence-corrected chi connectivity index (χ0v) is 19.1. The second-order valence-electron chi connectivity index (χ2n) is 7.37. The van der Waals surface area contributed by atoms with Gasteiger partial charge in [-0.3, -0.25) is 14.4 Å². The van der Waals surface area contributed by atoms with Gasteiger partial charge in [-0.2, -0.15) is 0 Å². The van der Waals surface area contributed by atoms with Crippen molar-refractivity contribution in [2.45, 2.75) is 25.8 Å². The summed E-state index contributed by atoms with van der Waals surface area (Å²) >= 11 is 3.03. The van der Waals surface area contributed by atoms with Gasteiger partial charge in [0.05, 0.1) is 12.1 Å². The minimum absolute atomic E-state index is 0.0784. The lowest BCUT2D eigenvalue weighted by Crippen LogP contribution is -2.28. The summed E-state index contributed by atoms with van der Waals surface area (Å²) in [6.07, 6.45) is 2.06. The molecule has 0 aliphatic rings. The molecule has 0 saturated carbocycles. The van der Waals surface area contributed by atoms with Crippen LogP contribution in [-0.4, -0.2) is 33.7 Å². The molecule has 9 heteroatoms. The Kier molecular flexibility index (Phi) is 6.77. The predicted octanol–water partition coefficient (Wildman–Crippen LogP) is 4.28. The molecule has 0 bridgehead atoms. The molecule has 1 aromatic carbocycles. The topological polar surface area (TPSA) is 95.2 Å². The number of hydrogen-bond acceptors (Lipinski definition) is 6. The maximum absolute atomic E-state index is 12.9. The molecule has 4 aromatic rings. The van der Waals surface area contributed by atoms with Crippen LogP contribution in [0.1, 0.15) is 33.9 Å². The lowest BCUT2D eigenvalue weighted by Gasteiger charge is -2.17. The molecular weight excluding hydrogens is 444 g/mol. The highest BCUT2D eigenvalue weighted by Gasteiger charge is 2.15. The first-order valence-electron chi connectivity index (χ1n) is 10.1. The van der Waals surface area contributed by atoms with Gasteiger partial charge >= 0.3 is 0 Å². The number of benzene rings is 1. The number of thiophene rings is 2. The van der Waals surface area contributed by atoms with E-state index >= 15 is 0 Å². The van der Waals surface area contributed by atoms with Crippen molar-refractivity contribution in [1.82, 2.24) is 14.9 Å². The molecule has 0 saturated heterocycles. The molecule has 0 aliphatic carbocycles. The molecule has 3 heterocycles. The summed E-state index contributed by atoms with van der Waals surface area (Å²) in [5, 5.41) is 6.71. The Balaban J connectivity index is 1.36. The molecular formula is C23H22N4O3S2. The SMILES string of the molecule is CN(Cc1nc2ccsc2c(=O)[nH]1)C(=O)c1cccc(NC(=O)CCCc2cccs2)c1. The quantitative estimate of drug-likeness (QED) is 0.405. The van der Waals surface area contributed by atoms with Gasteiger partial charge in [-0.25, -0.2) is 4.98 Å². The third-order valence-corrected chi connectivity index (χ3v) is 6.74. The van der Waals surface area contributed by atoms with E-state index in [9.17, 15) is 14.4 Å². The fraction of sp³-hybridized carbons (Fsp3) is 0.217. The number of carbonyl (C=O) groups excluding carboxylic acids is 2. The number of hydrogen-bond donors (Lipinski definition) is 2. The highest BCUT2D eigenvalue weighted by molar-refractivity contribution is 7.17. The minimum Gasteiger partial charge on any atom is -0.334 e. The number of H-pyrrole nitrogens is 1. The average Bonchev–Trinajstić information content (AvgIpc) is 3.45. The van der Waals surface area contributed by atoms with Gasteiger partial charge in [0.25, 0.3) is 11.5 Å². The lowest BCUT2D eigenvalue weighted by molar-refractivity contribution is -0.116. The summed E-state index contributed by atoms with van der Waals surface area (Å²) in [7, 11) is 1.65. The van der Waals surface area contributed by atoms with E-state index in [4.69, 9.17) is 0 Å². The predicted molar refractivity (Wildman–Crippen MR) is 128 cm³/mol. The molecule has 0 atom stereocenters. The summed E-state index contributed by atoms with van der Waals surface area (Å²) in [5.41, 5.74) is 1.45. The Labute approximate surface area is 192 Å². The average molecular weight is 467 g/mol. The summed E-state index contributed by atoms with van der Waals surface area (Å²) in [6, 6.07) is 12.7. The minimum atomic E-state index is -0.230. The summed E-state index contributed by atoms with van der Waals surface area (Å²) in [4.78, 5) is 47.2. The normalized spacial score (nSPS) is 10.9. The summed E-state index contributed by atoms with van der Waals surface area (Å²) in [5.74, 6) is 0.115. The van der Waals surface area contributed by atoms with Crippen LogP contribution in [0.15, 0.2) is 58.0 Å². The maximum Gasteiger partial charge on any atom is 0.268 e. The molecule has 0 spiro atoms. The van der Waals surface area contributed by atoms with Crippen molar-refractivity contribution in [3.63, 3.8) is 0 Å². The van der Waals surface area contributed by atoms with Gasteiger partial charge in [-0.15, -0.1) is 22.7 Å². The van der Waals surface area contributed by atoms with Gasteiger partial charge in [0.1, 0.15) is 10.5 Å². The lowest BCUT2D eigenvalue weighted by atomic mass is 10.1. The van der Waals surface area contributed by atoms with E-state index in [0.29, 0.717) is 33.7 Å². The summed E-state index contributed by atoms with van der Waals surface area (Å²) < 4.78 is 0.571.